The molecule has 2 aromatic rings. The predicted octanol–water partition coefficient (Wildman–Crippen LogP) is 3.66. The van der Waals surface area contributed by atoms with Crippen LogP contribution in [0.2, 0.25) is 0 Å². The van der Waals surface area contributed by atoms with E-state index in [0.717, 1.165) is 67.2 Å². The van der Waals surface area contributed by atoms with Crippen LogP contribution in [-0.2, 0) is 4.79 Å². The molecule has 0 radical (unpaired) electrons. The summed E-state index contributed by atoms with van der Waals surface area (Å²) in [4.78, 5) is 21.7. The second-order valence-electron chi connectivity index (χ2n) is 6.78. The molecule has 128 valence electrons. The van der Waals surface area contributed by atoms with Gasteiger partial charge in [0.2, 0.25) is 5.91 Å². The number of benzene rings is 1. The summed E-state index contributed by atoms with van der Waals surface area (Å²) in [5.41, 5.74) is 0.834. The second kappa shape index (κ2) is 6.67. The molecule has 0 bridgehead atoms. The molecule has 4 rings (SSSR count). The molecule has 1 amide bonds. The largest absolute Gasteiger partial charge is 0.347 e. The Morgan fingerprint density at radius 1 is 1.17 bits per heavy atom. The fraction of sp³-hybridized carbons (Fsp3) is 0.556. The number of halogens is 1. The number of aromatic nitrogens is 1. The van der Waals surface area contributed by atoms with Crippen LogP contribution in [0.3, 0.4) is 0 Å². The highest BCUT2D eigenvalue weighted by molar-refractivity contribution is 7.22. The lowest BCUT2D eigenvalue weighted by molar-refractivity contribution is -0.136. The van der Waals surface area contributed by atoms with E-state index < -0.39 is 0 Å². The zero-order chi connectivity index (χ0) is 16.5. The Kier molecular flexibility index (Phi) is 4.39. The van der Waals surface area contributed by atoms with Crippen molar-refractivity contribution in [1.29, 1.82) is 0 Å². The molecular formula is C18H22FN3OS. The second-order valence-corrected chi connectivity index (χ2v) is 7.79. The van der Waals surface area contributed by atoms with Gasteiger partial charge in [-0.2, -0.15) is 0 Å². The molecular weight excluding hydrogens is 325 g/mol. The Hall–Kier alpha value is -1.69. The number of nitrogens with zero attached hydrogens (tertiary/aromatic N) is 3. The van der Waals surface area contributed by atoms with Crippen LogP contribution in [0.5, 0.6) is 0 Å². The van der Waals surface area contributed by atoms with Crippen LogP contribution >= 0.6 is 11.3 Å². The van der Waals surface area contributed by atoms with Gasteiger partial charge in [0.15, 0.2) is 5.13 Å². The van der Waals surface area contributed by atoms with Gasteiger partial charge in [-0.25, -0.2) is 9.37 Å². The molecule has 1 aromatic heterocycles. The van der Waals surface area contributed by atoms with Gasteiger partial charge >= 0.3 is 0 Å². The summed E-state index contributed by atoms with van der Waals surface area (Å²) in [6, 6.07) is 4.71. The molecule has 2 aliphatic rings. The lowest BCUT2D eigenvalue weighted by atomic mass is 9.96. The number of hydrogen-bond acceptors (Lipinski definition) is 4. The maximum Gasteiger partial charge on any atom is 0.227 e. The summed E-state index contributed by atoms with van der Waals surface area (Å²) < 4.78 is 14.2. The molecule has 0 aliphatic carbocycles. The molecule has 2 aliphatic heterocycles. The quantitative estimate of drug-likeness (QED) is 0.832. The van der Waals surface area contributed by atoms with Crippen molar-refractivity contribution in [3.63, 3.8) is 0 Å². The highest BCUT2D eigenvalue weighted by Gasteiger charge is 2.31. The molecule has 0 N–H and O–H groups in total. The van der Waals surface area contributed by atoms with Crippen molar-refractivity contribution in [2.45, 2.75) is 32.1 Å². The summed E-state index contributed by atoms with van der Waals surface area (Å²) in [5.74, 6) is 0.154. The molecule has 2 saturated heterocycles. The van der Waals surface area contributed by atoms with E-state index in [0.29, 0.717) is 5.91 Å². The monoisotopic (exact) mass is 347 g/mol. The van der Waals surface area contributed by atoms with E-state index >= 15 is 0 Å². The Balaban J connectivity index is 1.50. The number of fused-ring (bicyclic) bond motifs is 1. The highest BCUT2D eigenvalue weighted by atomic mass is 32.1. The van der Waals surface area contributed by atoms with Crippen molar-refractivity contribution in [2.75, 3.05) is 31.1 Å². The third-order valence-corrected chi connectivity index (χ3v) is 6.13. The van der Waals surface area contributed by atoms with E-state index in [4.69, 9.17) is 0 Å². The van der Waals surface area contributed by atoms with Gasteiger partial charge in [0.25, 0.3) is 0 Å². The van der Waals surface area contributed by atoms with Crippen molar-refractivity contribution in [1.82, 2.24) is 9.88 Å². The Labute approximate surface area is 145 Å². The van der Waals surface area contributed by atoms with E-state index in [9.17, 15) is 9.18 Å². The molecule has 24 heavy (non-hydrogen) atoms. The van der Waals surface area contributed by atoms with E-state index in [1.54, 1.807) is 6.07 Å². The standard InChI is InChI=1S/C18H22FN3OS/c19-14-6-7-15-16(11-14)24-18(20-15)22-10-4-5-13(12-22)17(23)21-8-2-1-3-9-21/h6-7,11,13H,1-5,8-10,12H2. The number of carbonyl (C=O) groups is 1. The number of likely N-dealkylation sites (tertiary alicyclic amines) is 1. The minimum Gasteiger partial charge on any atom is -0.347 e. The van der Waals surface area contributed by atoms with Crippen molar-refractivity contribution >= 4 is 32.6 Å². The lowest BCUT2D eigenvalue weighted by Gasteiger charge is -2.36. The summed E-state index contributed by atoms with van der Waals surface area (Å²) in [6.07, 6.45) is 5.47. The van der Waals surface area contributed by atoms with Gasteiger partial charge in [-0.1, -0.05) is 11.3 Å². The average molecular weight is 347 g/mol. The molecule has 1 aromatic carbocycles. The van der Waals surface area contributed by atoms with Gasteiger partial charge in [0.05, 0.1) is 16.1 Å². The van der Waals surface area contributed by atoms with Crippen LogP contribution in [0.4, 0.5) is 9.52 Å². The first kappa shape index (κ1) is 15.8. The van der Waals surface area contributed by atoms with Crippen LogP contribution in [0.1, 0.15) is 32.1 Å². The number of amides is 1. The van der Waals surface area contributed by atoms with Crippen LogP contribution in [0, 0.1) is 11.7 Å². The summed E-state index contributed by atoms with van der Waals surface area (Å²) in [6.45, 7) is 3.48. The third-order valence-electron chi connectivity index (χ3n) is 5.05. The minimum absolute atomic E-state index is 0.0700. The maximum absolute atomic E-state index is 13.4. The van der Waals surface area contributed by atoms with E-state index in [-0.39, 0.29) is 11.7 Å². The maximum atomic E-state index is 13.4. The average Bonchev–Trinajstić information content (AvgIpc) is 3.05. The first-order valence-corrected chi connectivity index (χ1v) is 9.62. The molecule has 0 saturated carbocycles. The van der Waals surface area contributed by atoms with E-state index in [1.165, 1.54) is 29.9 Å². The molecule has 0 spiro atoms. The Morgan fingerprint density at radius 2 is 2.00 bits per heavy atom. The van der Waals surface area contributed by atoms with Crippen LogP contribution in [0.25, 0.3) is 10.2 Å². The van der Waals surface area contributed by atoms with E-state index in [2.05, 4.69) is 9.88 Å². The Bertz CT molecular complexity index is 741. The molecule has 3 heterocycles. The van der Waals surface area contributed by atoms with Crippen molar-refractivity contribution in [2.24, 2.45) is 5.92 Å². The number of rotatable bonds is 2. The van der Waals surface area contributed by atoms with Crippen LogP contribution < -0.4 is 4.90 Å². The molecule has 2 fully saturated rings. The van der Waals surface area contributed by atoms with Crippen LogP contribution in [0.15, 0.2) is 18.2 Å². The van der Waals surface area contributed by atoms with Gasteiger partial charge in [0, 0.05) is 26.2 Å². The summed E-state index contributed by atoms with van der Waals surface area (Å²) >= 11 is 1.52. The van der Waals surface area contributed by atoms with Gasteiger partial charge < -0.3 is 9.80 Å². The lowest BCUT2D eigenvalue weighted by Crippen LogP contribution is -2.46. The fourth-order valence-corrected chi connectivity index (χ4v) is 4.77. The number of thiazole rings is 1. The normalized spacial score (nSPS) is 22.1. The first-order valence-electron chi connectivity index (χ1n) is 8.80. The third kappa shape index (κ3) is 3.11. The van der Waals surface area contributed by atoms with Crippen molar-refractivity contribution < 1.29 is 9.18 Å². The molecule has 6 heteroatoms. The summed E-state index contributed by atoms with van der Waals surface area (Å²) in [5, 5.41) is 0.909. The van der Waals surface area contributed by atoms with Crippen molar-refractivity contribution in [3.8, 4) is 0 Å². The number of hydrogen-bond donors (Lipinski definition) is 0. The zero-order valence-electron chi connectivity index (χ0n) is 13.7. The van der Waals surface area contributed by atoms with Gasteiger partial charge in [-0.05, 0) is 50.3 Å². The number of anilines is 1. The Morgan fingerprint density at radius 3 is 2.83 bits per heavy atom. The van der Waals surface area contributed by atoms with E-state index in [1.807, 2.05) is 4.90 Å². The molecule has 4 nitrogen and oxygen atoms in total. The smallest absolute Gasteiger partial charge is 0.227 e. The van der Waals surface area contributed by atoms with Crippen molar-refractivity contribution in [3.05, 3.63) is 24.0 Å². The highest BCUT2D eigenvalue weighted by Crippen LogP contribution is 2.32. The molecule has 1 unspecified atom stereocenters. The van der Waals surface area contributed by atoms with Crippen LogP contribution in [-0.4, -0.2) is 42.0 Å². The number of piperidine rings is 2. The fourth-order valence-electron chi connectivity index (χ4n) is 3.75. The number of carbonyl (C=O) groups excluding carboxylic acids is 1. The SMILES string of the molecule is O=C(C1CCCN(c2nc3ccc(F)cc3s2)C1)N1CCCCC1. The zero-order valence-corrected chi connectivity index (χ0v) is 14.5. The summed E-state index contributed by atoms with van der Waals surface area (Å²) in [7, 11) is 0. The molecule has 1 atom stereocenters. The minimum atomic E-state index is -0.227. The van der Waals surface area contributed by atoms with Gasteiger partial charge in [0.1, 0.15) is 5.82 Å². The topological polar surface area (TPSA) is 36.4 Å². The van der Waals surface area contributed by atoms with Gasteiger partial charge in [-0.15, -0.1) is 0 Å². The van der Waals surface area contributed by atoms with Gasteiger partial charge in [-0.3, -0.25) is 4.79 Å². The predicted molar refractivity (Wildman–Crippen MR) is 94.9 cm³/mol. The first-order chi connectivity index (χ1) is 11.7.